The van der Waals surface area contributed by atoms with Crippen LogP contribution in [-0.2, 0) is 4.79 Å². The molecule has 0 fully saturated rings. The maximum absolute atomic E-state index is 12.7. The van der Waals surface area contributed by atoms with Crippen molar-refractivity contribution >= 4 is 40.7 Å². The first-order valence-electron chi connectivity index (χ1n) is 11.3. The molecule has 0 radical (unpaired) electrons. The molecule has 0 bridgehead atoms. The van der Waals surface area contributed by atoms with E-state index in [0.717, 1.165) is 11.0 Å². The molecule has 0 saturated heterocycles. The highest BCUT2D eigenvalue weighted by molar-refractivity contribution is 6.23. The Kier molecular flexibility index (Phi) is 7.33. The number of methoxy groups -OCH3 is 2. The van der Waals surface area contributed by atoms with Crippen molar-refractivity contribution in [3.63, 3.8) is 0 Å². The molecule has 0 aliphatic carbocycles. The third-order valence-corrected chi connectivity index (χ3v) is 5.82. The summed E-state index contributed by atoms with van der Waals surface area (Å²) in [6.07, 6.45) is -0.281. The molecule has 3 aromatic rings. The Morgan fingerprint density at radius 2 is 1.53 bits per heavy atom. The van der Waals surface area contributed by atoms with Gasteiger partial charge in [0.1, 0.15) is 17.1 Å². The van der Waals surface area contributed by atoms with E-state index in [2.05, 4.69) is 10.6 Å². The number of carbonyl (C=O) groups is 4. The fourth-order valence-corrected chi connectivity index (χ4v) is 3.97. The number of rotatable bonds is 9. The molecule has 3 aromatic carbocycles. The summed E-state index contributed by atoms with van der Waals surface area (Å²) in [6.45, 7) is -0.292. The van der Waals surface area contributed by atoms with Crippen LogP contribution in [0.25, 0.3) is 0 Å². The quantitative estimate of drug-likeness (QED) is 0.248. The summed E-state index contributed by atoms with van der Waals surface area (Å²) in [4.78, 5) is 62.0. The highest BCUT2D eigenvalue weighted by atomic mass is 16.6. The number of amides is 4. The van der Waals surface area contributed by atoms with Gasteiger partial charge in [-0.3, -0.25) is 34.2 Å². The lowest BCUT2D eigenvalue weighted by Crippen LogP contribution is -2.33. The van der Waals surface area contributed by atoms with Crippen molar-refractivity contribution in [2.45, 2.75) is 6.42 Å². The summed E-state index contributed by atoms with van der Waals surface area (Å²) < 4.78 is 10.7. The topological polar surface area (TPSA) is 157 Å². The van der Waals surface area contributed by atoms with Crippen molar-refractivity contribution in [3.05, 3.63) is 87.5 Å². The molecule has 12 heteroatoms. The summed E-state index contributed by atoms with van der Waals surface area (Å²) >= 11 is 0. The van der Waals surface area contributed by atoms with Gasteiger partial charge in [-0.25, -0.2) is 0 Å². The summed E-state index contributed by atoms with van der Waals surface area (Å²) in [7, 11) is 2.78. The fourth-order valence-electron chi connectivity index (χ4n) is 3.97. The minimum absolute atomic E-state index is 0.0795. The lowest BCUT2D eigenvalue weighted by Gasteiger charge is -2.17. The second kappa shape index (κ2) is 10.8. The van der Waals surface area contributed by atoms with Gasteiger partial charge in [0.15, 0.2) is 0 Å². The van der Waals surface area contributed by atoms with Gasteiger partial charge in [-0.1, -0.05) is 24.3 Å². The smallest absolute Gasteiger partial charge is 0.282 e. The van der Waals surface area contributed by atoms with Crippen molar-refractivity contribution in [2.24, 2.45) is 0 Å². The summed E-state index contributed by atoms with van der Waals surface area (Å²) in [5.74, 6) is -2.00. The van der Waals surface area contributed by atoms with Gasteiger partial charge < -0.3 is 20.1 Å². The van der Waals surface area contributed by atoms with Crippen LogP contribution in [0, 0.1) is 10.1 Å². The number of hydrogen-bond donors (Lipinski definition) is 2. The zero-order chi connectivity index (χ0) is 27.4. The number of nitrogens with one attached hydrogen (secondary N) is 2. The minimum atomic E-state index is -0.831. The third kappa shape index (κ3) is 5.00. The number of hydrogen-bond acceptors (Lipinski definition) is 8. The Labute approximate surface area is 216 Å². The van der Waals surface area contributed by atoms with Gasteiger partial charge in [0, 0.05) is 36.7 Å². The molecule has 0 saturated carbocycles. The van der Waals surface area contributed by atoms with E-state index in [1.54, 1.807) is 30.3 Å². The van der Waals surface area contributed by atoms with Crippen molar-refractivity contribution in [2.75, 3.05) is 31.4 Å². The summed E-state index contributed by atoms with van der Waals surface area (Å²) in [5.41, 5.74) is 0.133. The third-order valence-electron chi connectivity index (χ3n) is 5.82. The van der Waals surface area contributed by atoms with E-state index in [-0.39, 0.29) is 47.2 Å². The molecule has 2 N–H and O–H groups in total. The van der Waals surface area contributed by atoms with E-state index in [1.807, 2.05) is 0 Å². The minimum Gasteiger partial charge on any atom is -0.494 e. The Balaban J connectivity index is 1.46. The molecular weight excluding hydrogens is 496 g/mol. The predicted octanol–water partition coefficient (Wildman–Crippen LogP) is 3.49. The van der Waals surface area contributed by atoms with Gasteiger partial charge in [-0.15, -0.1) is 0 Å². The lowest BCUT2D eigenvalue weighted by atomic mass is 10.1. The molecule has 12 nitrogen and oxygen atoms in total. The molecule has 194 valence electrons. The van der Waals surface area contributed by atoms with Gasteiger partial charge in [0.25, 0.3) is 23.4 Å². The molecule has 0 unspecified atom stereocenters. The molecule has 0 spiro atoms. The number of nitro groups is 1. The molecule has 1 heterocycles. The first-order valence-corrected chi connectivity index (χ1v) is 11.3. The Bertz CT molecular complexity index is 1460. The number of ether oxygens (including phenoxy) is 2. The first kappa shape index (κ1) is 25.8. The maximum Gasteiger partial charge on any atom is 0.282 e. The van der Waals surface area contributed by atoms with E-state index in [0.29, 0.717) is 11.3 Å². The van der Waals surface area contributed by atoms with Gasteiger partial charge in [0.2, 0.25) is 5.91 Å². The second-order valence-corrected chi connectivity index (χ2v) is 8.09. The summed E-state index contributed by atoms with van der Waals surface area (Å²) in [5, 5.41) is 16.6. The van der Waals surface area contributed by atoms with Crippen molar-refractivity contribution in [3.8, 4) is 11.5 Å². The van der Waals surface area contributed by atoms with E-state index in [9.17, 15) is 29.3 Å². The van der Waals surface area contributed by atoms with Gasteiger partial charge >= 0.3 is 0 Å². The number of benzene rings is 3. The van der Waals surface area contributed by atoms with Crippen molar-refractivity contribution < 1.29 is 33.6 Å². The zero-order valence-electron chi connectivity index (χ0n) is 20.3. The number of imide groups is 1. The molecule has 4 amide bonds. The van der Waals surface area contributed by atoms with Crippen LogP contribution in [0.5, 0.6) is 11.5 Å². The maximum atomic E-state index is 12.7. The molecule has 38 heavy (non-hydrogen) atoms. The fraction of sp³-hybridized carbons (Fsp3) is 0.154. The van der Waals surface area contributed by atoms with Crippen LogP contribution in [-0.4, -0.2) is 54.2 Å². The SMILES string of the molecule is COc1cc(NC(=O)c2ccccc2)c(OC)cc1NC(=O)CCN1C(=O)c2cccc([N+](=O)[O-])c2C1=O. The van der Waals surface area contributed by atoms with E-state index in [4.69, 9.17) is 9.47 Å². The molecular formula is C26H22N4O8. The average Bonchev–Trinajstić information content (AvgIpc) is 3.17. The molecule has 0 atom stereocenters. The van der Waals surface area contributed by atoms with E-state index >= 15 is 0 Å². The van der Waals surface area contributed by atoms with Crippen LogP contribution >= 0.6 is 0 Å². The molecule has 4 rings (SSSR count). The highest BCUT2D eigenvalue weighted by Crippen LogP contribution is 2.37. The first-order chi connectivity index (χ1) is 18.2. The van der Waals surface area contributed by atoms with E-state index in [1.165, 1.54) is 38.5 Å². The Hall–Kier alpha value is -5.26. The molecule has 1 aliphatic rings. The molecule has 0 aromatic heterocycles. The van der Waals surface area contributed by atoms with Gasteiger partial charge in [0.05, 0.1) is 36.1 Å². The number of nitrogens with zero attached hydrogens (tertiary/aromatic N) is 2. The van der Waals surface area contributed by atoms with Crippen LogP contribution in [0.2, 0.25) is 0 Å². The van der Waals surface area contributed by atoms with Crippen LogP contribution < -0.4 is 20.1 Å². The standard InChI is InChI=1S/C26H22N4O8/c1-37-20-14-18(28-24(32)15-7-4-3-5-8-15)21(38-2)13-17(20)27-22(31)11-12-29-25(33)16-9-6-10-19(30(35)36)23(16)26(29)34/h3-10,13-14H,11-12H2,1-2H3,(H,27,31)(H,28,32). The average molecular weight is 518 g/mol. The molecule has 1 aliphatic heterocycles. The highest BCUT2D eigenvalue weighted by Gasteiger charge is 2.40. The van der Waals surface area contributed by atoms with Gasteiger partial charge in [-0.05, 0) is 18.2 Å². The van der Waals surface area contributed by atoms with Gasteiger partial charge in [-0.2, -0.15) is 0 Å². The number of nitro benzene ring substituents is 1. The predicted molar refractivity (Wildman–Crippen MR) is 136 cm³/mol. The lowest BCUT2D eigenvalue weighted by molar-refractivity contribution is -0.385. The summed E-state index contributed by atoms with van der Waals surface area (Å²) in [6, 6.07) is 15.3. The van der Waals surface area contributed by atoms with E-state index < -0.39 is 28.3 Å². The van der Waals surface area contributed by atoms with Crippen LogP contribution in [0.15, 0.2) is 60.7 Å². The monoisotopic (exact) mass is 518 g/mol. The zero-order valence-corrected chi connectivity index (χ0v) is 20.3. The number of fused-ring (bicyclic) bond motifs is 1. The number of anilines is 2. The largest absolute Gasteiger partial charge is 0.494 e. The van der Waals surface area contributed by atoms with Crippen LogP contribution in [0.1, 0.15) is 37.5 Å². The number of carbonyl (C=O) groups excluding carboxylic acids is 4. The second-order valence-electron chi connectivity index (χ2n) is 8.09. The normalized spacial score (nSPS) is 12.1. The Morgan fingerprint density at radius 3 is 2.13 bits per heavy atom. The van der Waals surface area contributed by atoms with Crippen LogP contribution in [0.3, 0.4) is 0 Å². The van der Waals surface area contributed by atoms with Crippen LogP contribution in [0.4, 0.5) is 17.1 Å². The van der Waals surface area contributed by atoms with Crippen molar-refractivity contribution in [1.82, 2.24) is 4.90 Å². The Morgan fingerprint density at radius 1 is 0.895 bits per heavy atom. The van der Waals surface area contributed by atoms with Crippen molar-refractivity contribution in [1.29, 1.82) is 0 Å².